The van der Waals surface area contributed by atoms with Crippen molar-refractivity contribution in [3.8, 4) is 10.6 Å². The summed E-state index contributed by atoms with van der Waals surface area (Å²) in [4.78, 5) is 30.1. The number of hydrogen-bond acceptors (Lipinski definition) is 5. The highest BCUT2D eigenvalue weighted by Crippen LogP contribution is 2.27. The maximum atomic E-state index is 12.7. The van der Waals surface area contributed by atoms with E-state index in [-0.39, 0.29) is 18.4 Å². The smallest absolute Gasteiger partial charge is 0.252 e. The molecule has 2 N–H and O–H groups in total. The predicted octanol–water partition coefficient (Wildman–Crippen LogP) is 2.44. The second-order valence-corrected chi connectivity index (χ2v) is 6.71. The molecule has 8 heteroatoms. The summed E-state index contributed by atoms with van der Waals surface area (Å²) in [7, 11) is 0. The molecule has 0 spiro atoms. The van der Waals surface area contributed by atoms with Crippen LogP contribution in [0.3, 0.4) is 0 Å². The van der Waals surface area contributed by atoms with Gasteiger partial charge in [-0.3, -0.25) is 9.59 Å². The van der Waals surface area contributed by atoms with Gasteiger partial charge in [-0.25, -0.2) is 9.67 Å². The molecule has 3 aromatic rings. The van der Waals surface area contributed by atoms with Crippen LogP contribution in [0.2, 0.25) is 0 Å². The lowest BCUT2D eigenvalue weighted by atomic mass is 10.1. The molecule has 0 aliphatic heterocycles. The SMILES string of the molecule is CCCNC(=O)CNC(=O)c1cc(-c2cccs2)nc2c1cnn2CC. The number of carbonyl (C=O) groups is 2. The second kappa shape index (κ2) is 8.09. The van der Waals surface area contributed by atoms with E-state index in [4.69, 9.17) is 0 Å². The first-order valence-electron chi connectivity index (χ1n) is 8.59. The lowest BCUT2D eigenvalue weighted by Gasteiger charge is -2.09. The van der Waals surface area contributed by atoms with Gasteiger partial charge in [-0.1, -0.05) is 13.0 Å². The fourth-order valence-corrected chi connectivity index (χ4v) is 3.29. The molecule has 0 bridgehead atoms. The second-order valence-electron chi connectivity index (χ2n) is 5.76. The van der Waals surface area contributed by atoms with Crippen LogP contribution >= 0.6 is 11.3 Å². The van der Waals surface area contributed by atoms with Gasteiger partial charge in [-0.15, -0.1) is 11.3 Å². The molecule has 0 saturated carbocycles. The highest BCUT2D eigenvalue weighted by molar-refractivity contribution is 7.13. The maximum Gasteiger partial charge on any atom is 0.252 e. The van der Waals surface area contributed by atoms with Crippen LogP contribution in [-0.4, -0.2) is 39.7 Å². The van der Waals surface area contributed by atoms with Crippen molar-refractivity contribution in [3.63, 3.8) is 0 Å². The zero-order valence-corrected chi connectivity index (χ0v) is 15.6. The number of pyridine rings is 1. The molecular formula is C18H21N5O2S. The van der Waals surface area contributed by atoms with E-state index < -0.39 is 0 Å². The molecule has 0 aromatic carbocycles. The normalized spacial score (nSPS) is 10.8. The molecule has 136 valence electrons. The van der Waals surface area contributed by atoms with Crippen LogP contribution in [0.25, 0.3) is 21.6 Å². The van der Waals surface area contributed by atoms with Crippen LogP contribution < -0.4 is 10.6 Å². The lowest BCUT2D eigenvalue weighted by molar-refractivity contribution is -0.120. The lowest BCUT2D eigenvalue weighted by Crippen LogP contribution is -2.37. The van der Waals surface area contributed by atoms with E-state index in [2.05, 4.69) is 20.7 Å². The molecule has 7 nitrogen and oxygen atoms in total. The van der Waals surface area contributed by atoms with E-state index in [1.54, 1.807) is 28.3 Å². The molecule has 0 aliphatic carbocycles. The summed E-state index contributed by atoms with van der Waals surface area (Å²) in [6, 6.07) is 5.67. The summed E-state index contributed by atoms with van der Waals surface area (Å²) in [5.41, 5.74) is 1.86. The number of rotatable bonds is 7. The zero-order chi connectivity index (χ0) is 18.5. The number of aromatic nitrogens is 3. The Morgan fingerprint density at radius 1 is 1.27 bits per heavy atom. The van der Waals surface area contributed by atoms with E-state index in [0.717, 1.165) is 17.0 Å². The van der Waals surface area contributed by atoms with Crippen molar-refractivity contribution in [2.75, 3.05) is 13.1 Å². The maximum absolute atomic E-state index is 12.7. The minimum Gasteiger partial charge on any atom is -0.355 e. The van der Waals surface area contributed by atoms with E-state index in [9.17, 15) is 9.59 Å². The summed E-state index contributed by atoms with van der Waals surface area (Å²) < 4.78 is 1.76. The number of carbonyl (C=O) groups excluding carboxylic acids is 2. The van der Waals surface area contributed by atoms with Crippen molar-refractivity contribution in [3.05, 3.63) is 35.3 Å². The quantitative estimate of drug-likeness (QED) is 0.668. The third-order valence-electron chi connectivity index (χ3n) is 3.91. The average Bonchev–Trinajstić information content (AvgIpc) is 3.32. The summed E-state index contributed by atoms with van der Waals surface area (Å²) in [6.45, 7) is 5.15. The summed E-state index contributed by atoms with van der Waals surface area (Å²) in [6.07, 6.45) is 2.50. The van der Waals surface area contributed by atoms with Crippen LogP contribution in [-0.2, 0) is 11.3 Å². The molecule has 0 radical (unpaired) electrons. The van der Waals surface area contributed by atoms with Gasteiger partial charge in [0.05, 0.1) is 34.3 Å². The third-order valence-corrected chi connectivity index (χ3v) is 4.80. The number of hydrogen-bond donors (Lipinski definition) is 2. The molecule has 0 aliphatic rings. The molecular weight excluding hydrogens is 350 g/mol. The van der Waals surface area contributed by atoms with Crippen molar-refractivity contribution in [1.82, 2.24) is 25.4 Å². The number of fused-ring (bicyclic) bond motifs is 1. The highest BCUT2D eigenvalue weighted by Gasteiger charge is 2.18. The van der Waals surface area contributed by atoms with Crippen LogP contribution in [0.5, 0.6) is 0 Å². The van der Waals surface area contributed by atoms with E-state index in [1.165, 1.54) is 0 Å². The Hall–Kier alpha value is -2.74. The molecule has 0 fully saturated rings. The van der Waals surface area contributed by atoms with Gasteiger partial charge < -0.3 is 10.6 Å². The van der Waals surface area contributed by atoms with Gasteiger partial charge in [0.1, 0.15) is 0 Å². The first-order valence-corrected chi connectivity index (χ1v) is 9.47. The largest absolute Gasteiger partial charge is 0.355 e. The predicted molar refractivity (Wildman–Crippen MR) is 102 cm³/mol. The fourth-order valence-electron chi connectivity index (χ4n) is 2.60. The van der Waals surface area contributed by atoms with E-state index in [1.807, 2.05) is 31.4 Å². The number of aryl methyl sites for hydroxylation is 1. The Balaban J connectivity index is 1.92. The van der Waals surface area contributed by atoms with E-state index >= 15 is 0 Å². The fraction of sp³-hybridized carbons (Fsp3) is 0.333. The van der Waals surface area contributed by atoms with Crippen LogP contribution in [0, 0.1) is 0 Å². The van der Waals surface area contributed by atoms with Gasteiger partial charge in [0, 0.05) is 13.1 Å². The monoisotopic (exact) mass is 371 g/mol. The molecule has 0 saturated heterocycles. The number of nitrogens with one attached hydrogen (secondary N) is 2. The average molecular weight is 371 g/mol. The standard InChI is InChI=1S/C18H21N5O2S/c1-3-7-19-16(24)11-20-18(25)12-9-14(15-6-5-8-26-15)22-17-13(12)10-21-23(17)4-2/h5-6,8-10H,3-4,7,11H2,1-2H3,(H,19,24)(H,20,25). The van der Waals surface area contributed by atoms with Crippen molar-refractivity contribution >= 4 is 34.2 Å². The van der Waals surface area contributed by atoms with Crippen molar-refractivity contribution in [1.29, 1.82) is 0 Å². The molecule has 3 rings (SSSR count). The van der Waals surface area contributed by atoms with Gasteiger partial charge in [0.15, 0.2) is 5.65 Å². The summed E-state index contributed by atoms with van der Waals surface area (Å²) in [5.74, 6) is -0.509. The Labute approximate surface area is 155 Å². The van der Waals surface area contributed by atoms with Crippen molar-refractivity contribution < 1.29 is 9.59 Å². The molecule has 26 heavy (non-hydrogen) atoms. The van der Waals surface area contributed by atoms with Crippen molar-refractivity contribution in [2.24, 2.45) is 0 Å². The van der Waals surface area contributed by atoms with Gasteiger partial charge in [0.2, 0.25) is 5.91 Å². The number of amides is 2. The van der Waals surface area contributed by atoms with Crippen molar-refractivity contribution in [2.45, 2.75) is 26.8 Å². The van der Waals surface area contributed by atoms with Gasteiger partial charge in [-0.2, -0.15) is 5.10 Å². The zero-order valence-electron chi connectivity index (χ0n) is 14.8. The molecule has 0 unspecified atom stereocenters. The van der Waals surface area contributed by atoms with Gasteiger partial charge in [0.25, 0.3) is 5.91 Å². The van der Waals surface area contributed by atoms with Crippen LogP contribution in [0.4, 0.5) is 0 Å². The van der Waals surface area contributed by atoms with Crippen LogP contribution in [0.15, 0.2) is 29.8 Å². The molecule has 3 aromatic heterocycles. The molecule has 0 atom stereocenters. The third kappa shape index (κ3) is 3.75. The van der Waals surface area contributed by atoms with Crippen LogP contribution in [0.1, 0.15) is 30.6 Å². The van der Waals surface area contributed by atoms with E-state index in [0.29, 0.717) is 29.7 Å². The minimum absolute atomic E-state index is 0.0566. The molecule has 3 heterocycles. The summed E-state index contributed by atoms with van der Waals surface area (Å²) in [5, 5.41) is 12.4. The Bertz CT molecular complexity index is 917. The van der Waals surface area contributed by atoms with Gasteiger partial charge >= 0.3 is 0 Å². The van der Waals surface area contributed by atoms with Gasteiger partial charge in [-0.05, 0) is 30.9 Å². The number of nitrogens with zero attached hydrogens (tertiary/aromatic N) is 3. The number of thiophene rings is 1. The topological polar surface area (TPSA) is 88.9 Å². The minimum atomic E-state index is -0.308. The molecule has 2 amide bonds. The Morgan fingerprint density at radius 3 is 2.81 bits per heavy atom. The summed E-state index contributed by atoms with van der Waals surface area (Å²) >= 11 is 1.56. The first kappa shape index (κ1) is 18.1. The Morgan fingerprint density at radius 2 is 2.12 bits per heavy atom. The Kier molecular flexibility index (Phi) is 5.62. The first-order chi connectivity index (χ1) is 12.6. The highest BCUT2D eigenvalue weighted by atomic mass is 32.1.